The number of nitrogens with one attached hydrogen (secondary N) is 1. The Hall–Kier alpha value is -2.24. The molecule has 1 heterocycles. The number of carbonyl (C=O) groups is 2. The normalized spacial score (nSPS) is 14.3. The summed E-state index contributed by atoms with van der Waals surface area (Å²) in [5.41, 5.74) is 2.25. The predicted molar refractivity (Wildman–Crippen MR) is 106 cm³/mol. The number of amides is 2. The highest BCUT2D eigenvalue weighted by molar-refractivity contribution is 6.35. The molecule has 1 fully saturated rings. The van der Waals surface area contributed by atoms with Crippen molar-refractivity contribution in [1.82, 2.24) is 4.90 Å². The van der Waals surface area contributed by atoms with Gasteiger partial charge in [-0.15, -0.1) is 0 Å². The highest BCUT2D eigenvalue weighted by atomic mass is 35.5. The molecule has 0 aliphatic carbocycles. The van der Waals surface area contributed by atoms with Gasteiger partial charge in [0.2, 0.25) is 0 Å². The molecule has 0 saturated carbocycles. The van der Waals surface area contributed by atoms with E-state index < -0.39 is 0 Å². The third-order valence-electron chi connectivity index (χ3n) is 4.32. The van der Waals surface area contributed by atoms with Crippen molar-refractivity contribution in [3.63, 3.8) is 0 Å². The summed E-state index contributed by atoms with van der Waals surface area (Å²) in [5, 5.41) is 4.06. The average molecular weight is 392 g/mol. The molecular weight excluding hydrogens is 373 g/mol. The molecule has 0 bridgehead atoms. The standard InChI is InChI=1S/C19H19Cl2N3O2/c1-13(25)14-2-4-17(5-3-14)22-19(26)24-8-6-23(7-9-24)18-11-15(20)10-16(21)12-18/h2-5,10-12H,6-9H2,1H3,(H,22,26). The lowest BCUT2D eigenvalue weighted by molar-refractivity contribution is 0.101. The van der Waals surface area contributed by atoms with Gasteiger partial charge < -0.3 is 15.1 Å². The highest BCUT2D eigenvalue weighted by Gasteiger charge is 2.21. The number of benzene rings is 2. The van der Waals surface area contributed by atoms with Crippen LogP contribution in [0.5, 0.6) is 0 Å². The molecule has 0 spiro atoms. The van der Waals surface area contributed by atoms with E-state index in [9.17, 15) is 9.59 Å². The largest absolute Gasteiger partial charge is 0.368 e. The summed E-state index contributed by atoms with van der Waals surface area (Å²) in [7, 11) is 0. The maximum Gasteiger partial charge on any atom is 0.321 e. The fourth-order valence-electron chi connectivity index (χ4n) is 2.88. The highest BCUT2D eigenvalue weighted by Crippen LogP contribution is 2.26. The number of urea groups is 1. The van der Waals surface area contributed by atoms with Crippen LogP contribution in [0, 0.1) is 0 Å². The first-order valence-electron chi connectivity index (χ1n) is 8.30. The Balaban J connectivity index is 1.57. The molecule has 0 unspecified atom stereocenters. The van der Waals surface area contributed by atoms with Gasteiger partial charge in [-0.2, -0.15) is 0 Å². The topological polar surface area (TPSA) is 52.7 Å². The number of nitrogens with zero attached hydrogens (tertiary/aromatic N) is 2. The third-order valence-corrected chi connectivity index (χ3v) is 4.76. The van der Waals surface area contributed by atoms with Gasteiger partial charge in [-0.05, 0) is 49.4 Å². The average Bonchev–Trinajstić information content (AvgIpc) is 2.61. The molecule has 1 saturated heterocycles. The number of rotatable bonds is 3. The van der Waals surface area contributed by atoms with Crippen molar-refractivity contribution in [3.8, 4) is 0 Å². The molecule has 0 radical (unpaired) electrons. The second kappa shape index (κ2) is 7.98. The summed E-state index contributed by atoms with van der Waals surface area (Å²) in [6, 6.07) is 12.2. The van der Waals surface area contributed by atoms with Crippen molar-refractivity contribution in [2.75, 3.05) is 36.4 Å². The van der Waals surface area contributed by atoms with Crippen molar-refractivity contribution >= 4 is 46.4 Å². The lowest BCUT2D eigenvalue weighted by Crippen LogP contribution is -2.50. The van der Waals surface area contributed by atoms with Crippen LogP contribution < -0.4 is 10.2 Å². The third kappa shape index (κ3) is 4.48. The summed E-state index contributed by atoms with van der Waals surface area (Å²) in [6.07, 6.45) is 0. The number of halogens is 2. The van der Waals surface area contributed by atoms with Gasteiger partial charge in [0.25, 0.3) is 0 Å². The van der Waals surface area contributed by atoms with Crippen LogP contribution in [-0.4, -0.2) is 42.9 Å². The van der Waals surface area contributed by atoms with E-state index in [1.807, 2.05) is 12.1 Å². The number of hydrogen-bond acceptors (Lipinski definition) is 3. The number of hydrogen-bond donors (Lipinski definition) is 1. The van der Waals surface area contributed by atoms with Gasteiger partial charge in [-0.25, -0.2) is 4.79 Å². The molecule has 2 aromatic rings. The number of anilines is 2. The van der Waals surface area contributed by atoms with Crippen LogP contribution >= 0.6 is 23.2 Å². The van der Waals surface area contributed by atoms with E-state index in [4.69, 9.17) is 23.2 Å². The minimum absolute atomic E-state index is 0.000109. The van der Waals surface area contributed by atoms with Crippen LogP contribution in [0.25, 0.3) is 0 Å². The monoisotopic (exact) mass is 391 g/mol. The van der Waals surface area contributed by atoms with Gasteiger partial charge in [0, 0.05) is 53.2 Å². The molecule has 136 valence electrons. The Morgan fingerprint density at radius 2 is 1.50 bits per heavy atom. The van der Waals surface area contributed by atoms with Gasteiger partial charge >= 0.3 is 6.03 Å². The van der Waals surface area contributed by atoms with Crippen molar-refractivity contribution in [2.45, 2.75) is 6.92 Å². The minimum Gasteiger partial charge on any atom is -0.368 e. The molecule has 0 aromatic heterocycles. The summed E-state index contributed by atoms with van der Waals surface area (Å²) in [6.45, 7) is 4.11. The van der Waals surface area contributed by atoms with E-state index in [0.717, 1.165) is 5.69 Å². The molecule has 1 aliphatic rings. The zero-order valence-corrected chi connectivity index (χ0v) is 15.8. The maximum atomic E-state index is 12.4. The van der Waals surface area contributed by atoms with Crippen LogP contribution in [-0.2, 0) is 0 Å². The van der Waals surface area contributed by atoms with E-state index in [1.165, 1.54) is 6.92 Å². The van der Waals surface area contributed by atoms with Crippen LogP contribution in [0.2, 0.25) is 10.0 Å². The van der Waals surface area contributed by atoms with Gasteiger partial charge in [0.15, 0.2) is 5.78 Å². The molecule has 1 N–H and O–H groups in total. The fraction of sp³-hybridized carbons (Fsp3) is 0.263. The molecule has 7 heteroatoms. The molecule has 0 atom stereocenters. The number of Topliss-reactive ketones (excluding diaryl/α,β-unsaturated/α-hetero) is 1. The van der Waals surface area contributed by atoms with Crippen molar-refractivity contribution < 1.29 is 9.59 Å². The Morgan fingerprint density at radius 1 is 0.923 bits per heavy atom. The maximum absolute atomic E-state index is 12.4. The Labute approximate surface area is 162 Å². The first kappa shape index (κ1) is 18.5. The van der Waals surface area contributed by atoms with Crippen LogP contribution in [0.4, 0.5) is 16.2 Å². The van der Waals surface area contributed by atoms with E-state index >= 15 is 0 Å². The van der Waals surface area contributed by atoms with Gasteiger partial charge in [0.1, 0.15) is 0 Å². The van der Waals surface area contributed by atoms with Crippen molar-refractivity contribution in [2.24, 2.45) is 0 Å². The molecule has 2 amide bonds. The van der Waals surface area contributed by atoms with Crippen molar-refractivity contribution in [1.29, 1.82) is 0 Å². The van der Waals surface area contributed by atoms with Crippen LogP contribution in [0.15, 0.2) is 42.5 Å². The number of carbonyl (C=O) groups excluding carboxylic acids is 2. The predicted octanol–water partition coefficient (Wildman–Crippen LogP) is 4.55. The Bertz CT molecular complexity index is 796. The Morgan fingerprint density at radius 3 is 2.04 bits per heavy atom. The minimum atomic E-state index is -0.149. The first-order chi connectivity index (χ1) is 12.4. The van der Waals surface area contributed by atoms with E-state index in [2.05, 4.69) is 10.2 Å². The van der Waals surface area contributed by atoms with Crippen molar-refractivity contribution in [3.05, 3.63) is 58.1 Å². The zero-order valence-electron chi connectivity index (χ0n) is 14.3. The van der Waals surface area contributed by atoms with Gasteiger partial charge in [0.05, 0.1) is 0 Å². The van der Waals surface area contributed by atoms with E-state index in [-0.39, 0.29) is 11.8 Å². The second-order valence-electron chi connectivity index (χ2n) is 6.17. The smallest absolute Gasteiger partial charge is 0.321 e. The Kier molecular flexibility index (Phi) is 5.69. The summed E-state index contributed by atoms with van der Waals surface area (Å²) in [5.74, 6) is 0.000109. The second-order valence-corrected chi connectivity index (χ2v) is 7.04. The SMILES string of the molecule is CC(=O)c1ccc(NC(=O)N2CCN(c3cc(Cl)cc(Cl)c3)CC2)cc1. The van der Waals surface area contributed by atoms with E-state index in [0.29, 0.717) is 47.5 Å². The lowest BCUT2D eigenvalue weighted by atomic mass is 10.1. The summed E-state index contributed by atoms with van der Waals surface area (Å²) < 4.78 is 0. The van der Waals surface area contributed by atoms with Gasteiger partial charge in [-0.1, -0.05) is 23.2 Å². The van der Waals surface area contributed by atoms with Crippen LogP contribution in [0.3, 0.4) is 0 Å². The number of piperazine rings is 1. The van der Waals surface area contributed by atoms with E-state index in [1.54, 1.807) is 35.2 Å². The lowest BCUT2D eigenvalue weighted by Gasteiger charge is -2.36. The summed E-state index contributed by atoms with van der Waals surface area (Å²) >= 11 is 12.1. The van der Waals surface area contributed by atoms with Crippen LogP contribution in [0.1, 0.15) is 17.3 Å². The summed E-state index contributed by atoms with van der Waals surface area (Å²) in [4.78, 5) is 27.6. The first-order valence-corrected chi connectivity index (χ1v) is 9.06. The molecule has 2 aromatic carbocycles. The quantitative estimate of drug-likeness (QED) is 0.780. The zero-order chi connectivity index (χ0) is 18.7. The molecule has 5 nitrogen and oxygen atoms in total. The molecule has 1 aliphatic heterocycles. The van der Waals surface area contributed by atoms with Gasteiger partial charge in [-0.3, -0.25) is 4.79 Å². The molecule has 3 rings (SSSR count). The molecule has 26 heavy (non-hydrogen) atoms. The fourth-order valence-corrected chi connectivity index (χ4v) is 3.39. The molecular formula is C19H19Cl2N3O2. The number of ketones is 1.